The van der Waals surface area contributed by atoms with Gasteiger partial charge in [-0.15, -0.1) is 0 Å². The maximum atomic E-state index is 13.0. The van der Waals surface area contributed by atoms with Gasteiger partial charge in [-0.1, -0.05) is 0 Å². The molecule has 2 aliphatic rings. The van der Waals surface area contributed by atoms with Crippen molar-refractivity contribution in [2.45, 2.75) is 102 Å². The third-order valence-corrected chi connectivity index (χ3v) is 12.7. The summed E-state index contributed by atoms with van der Waals surface area (Å²) < 4.78 is 6.71. The minimum atomic E-state index is -0.662. The molecule has 2 aromatic carbocycles. The van der Waals surface area contributed by atoms with Crippen molar-refractivity contribution in [2.24, 2.45) is 14.1 Å². The second-order valence-electron chi connectivity index (χ2n) is 17.4. The Bertz CT molecular complexity index is 2900. The number of rotatable bonds is 6. The predicted molar refractivity (Wildman–Crippen MR) is 237 cm³/mol. The van der Waals surface area contributed by atoms with Gasteiger partial charge in [0.1, 0.15) is 11.0 Å². The number of benzene rings is 2. The van der Waals surface area contributed by atoms with Crippen molar-refractivity contribution in [3.8, 4) is 0 Å². The molecule has 4 N–H and O–H groups in total. The van der Waals surface area contributed by atoms with Crippen molar-refractivity contribution in [3.05, 3.63) is 93.3 Å². The third-order valence-electron chi connectivity index (χ3n) is 12.7. The number of aromatic nitrogens is 12. The Balaban J connectivity index is 0.000000158. The van der Waals surface area contributed by atoms with Crippen LogP contribution in [0.1, 0.15) is 88.4 Å². The molecule has 18 nitrogen and oxygen atoms in total. The standard InChI is InChI=1S/2C22H25N7O2/c2*1-13-10-17-14(6-9-24-27-17)11-16(13)25-20-23-12-18-19(26-20)29(21(30)28(18)3)15-4-7-22(2,31)8-5-15/h2*6,9-12,15,31H,4-5,7-8H2,1-3H3,(H,23,25,26). The summed E-state index contributed by atoms with van der Waals surface area (Å²) in [7, 11) is 3.48. The van der Waals surface area contributed by atoms with E-state index in [4.69, 9.17) is 9.97 Å². The summed E-state index contributed by atoms with van der Waals surface area (Å²) in [5.74, 6) is 0.859. The van der Waals surface area contributed by atoms with E-state index in [1.807, 2.05) is 64.1 Å². The summed E-state index contributed by atoms with van der Waals surface area (Å²) in [4.78, 5) is 44.3. The van der Waals surface area contributed by atoms with Crippen molar-refractivity contribution in [1.29, 1.82) is 0 Å². The molecule has 0 bridgehead atoms. The van der Waals surface area contributed by atoms with E-state index in [9.17, 15) is 19.8 Å². The SMILES string of the molecule is Cc1cc2nnccc2cc1Nc1ncc2c(n1)n(C1CCC(C)(O)CC1)c(=O)n2C.Cc1cc2nnccc2cc1Nc1ncc2c(n1)n(C1CCC(C)(O)CC1)c(=O)n2C. The van der Waals surface area contributed by atoms with Crippen LogP contribution in [0, 0.1) is 13.8 Å². The summed E-state index contributed by atoms with van der Waals surface area (Å²) >= 11 is 0. The minimum Gasteiger partial charge on any atom is -0.390 e. The molecular weight excluding hydrogens is 789 g/mol. The maximum absolute atomic E-state index is 13.0. The second-order valence-corrected chi connectivity index (χ2v) is 17.4. The number of nitrogens with one attached hydrogen (secondary N) is 2. The van der Waals surface area contributed by atoms with Gasteiger partial charge in [-0.3, -0.25) is 18.3 Å². The van der Waals surface area contributed by atoms with Gasteiger partial charge in [0, 0.05) is 48.3 Å². The molecule has 2 aliphatic carbocycles. The highest BCUT2D eigenvalue weighted by molar-refractivity contribution is 5.86. The maximum Gasteiger partial charge on any atom is 0.330 e. The molecule has 2 fully saturated rings. The number of hydrogen-bond acceptors (Lipinski definition) is 14. The highest BCUT2D eigenvalue weighted by Crippen LogP contribution is 2.37. The average Bonchev–Trinajstić information content (AvgIpc) is 3.64. The van der Waals surface area contributed by atoms with Crippen LogP contribution in [0.5, 0.6) is 0 Å². The number of anilines is 4. The summed E-state index contributed by atoms with van der Waals surface area (Å²) in [5.41, 5.74) is 6.47. The van der Waals surface area contributed by atoms with Crippen LogP contribution >= 0.6 is 0 Å². The number of fused-ring (bicyclic) bond motifs is 4. The Morgan fingerprint density at radius 2 is 1.02 bits per heavy atom. The quantitative estimate of drug-likeness (QED) is 0.151. The largest absolute Gasteiger partial charge is 0.390 e. The monoisotopic (exact) mass is 838 g/mol. The first kappa shape index (κ1) is 40.7. The van der Waals surface area contributed by atoms with E-state index in [0.29, 0.717) is 59.9 Å². The fraction of sp³-hybridized carbons (Fsp3) is 0.409. The van der Waals surface area contributed by atoms with E-state index in [-0.39, 0.29) is 23.5 Å². The zero-order chi connectivity index (χ0) is 43.5. The molecule has 18 heteroatoms. The molecular formula is C44H50N14O4. The van der Waals surface area contributed by atoms with Crippen molar-refractivity contribution in [1.82, 2.24) is 58.6 Å². The predicted octanol–water partition coefficient (Wildman–Crippen LogP) is 5.98. The fourth-order valence-corrected chi connectivity index (χ4v) is 8.80. The Kier molecular flexibility index (Phi) is 10.3. The molecule has 0 unspecified atom stereocenters. The average molecular weight is 839 g/mol. The van der Waals surface area contributed by atoms with Gasteiger partial charge in [-0.25, -0.2) is 19.6 Å². The highest BCUT2D eigenvalue weighted by Gasteiger charge is 2.33. The van der Waals surface area contributed by atoms with Crippen LogP contribution in [0.15, 0.2) is 70.8 Å². The lowest BCUT2D eigenvalue weighted by molar-refractivity contribution is 0.00951. The van der Waals surface area contributed by atoms with Gasteiger partial charge in [-0.2, -0.15) is 30.4 Å². The molecule has 2 saturated carbocycles. The first-order valence-electron chi connectivity index (χ1n) is 21.0. The van der Waals surface area contributed by atoms with Gasteiger partial charge >= 0.3 is 11.4 Å². The smallest absolute Gasteiger partial charge is 0.330 e. The zero-order valence-electron chi connectivity index (χ0n) is 35.7. The summed E-state index contributed by atoms with van der Waals surface area (Å²) in [6.07, 6.45) is 12.3. The van der Waals surface area contributed by atoms with Crippen LogP contribution in [0.3, 0.4) is 0 Å². The highest BCUT2D eigenvalue weighted by atomic mass is 16.3. The van der Waals surface area contributed by atoms with Gasteiger partial charge in [-0.05, 0) is 127 Å². The Morgan fingerprint density at radius 1 is 0.629 bits per heavy atom. The molecule has 0 radical (unpaired) electrons. The topological polar surface area (TPSA) is 222 Å². The van der Waals surface area contributed by atoms with E-state index in [2.05, 4.69) is 41.0 Å². The number of imidazole rings is 2. The second kappa shape index (κ2) is 15.7. The summed E-state index contributed by atoms with van der Waals surface area (Å²) in [5, 5.41) is 45.3. The normalized spacial score (nSPS) is 21.6. The van der Waals surface area contributed by atoms with E-state index >= 15 is 0 Å². The Hall–Kier alpha value is -6.66. The van der Waals surface area contributed by atoms with Crippen molar-refractivity contribution in [2.75, 3.05) is 10.6 Å². The van der Waals surface area contributed by atoms with Gasteiger partial charge in [0.05, 0.1) is 47.0 Å². The number of hydrogen-bond donors (Lipinski definition) is 4. The molecule has 6 heterocycles. The molecule has 8 aromatic rings. The lowest BCUT2D eigenvalue weighted by Crippen LogP contribution is -2.35. The van der Waals surface area contributed by atoms with Crippen LogP contribution < -0.4 is 22.0 Å². The molecule has 0 spiro atoms. The van der Waals surface area contributed by atoms with Crippen LogP contribution in [0.2, 0.25) is 0 Å². The van der Waals surface area contributed by atoms with Gasteiger partial charge < -0.3 is 20.8 Å². The fourth-order valence-electron chi connectivity index (χ4n) is 8.80. The Morgan fingerprint density at radius 3 is 1.40 bits per heavy atom. The lowest BCUT2D eigenvalue weighted by atomic mass is 9.83. The number of aliphatic hydroxyl groups is 2. The minimum absolute atomic E-state index is 0.0140. The van der Waals surface area contributed by atoms with Crippen molar-refractivity contribution in [3.63, 3.8) is 0 Å². The molecule has 0 atom stereocenters. The molecule has 62 heavy (non-hydrogen) atoms. The zero-order valence-corrected chi connectivity index (χ0v) is 35.7. The number of nitrogens with zero attached hydrogens (tertiary/aromatic N) is 12. The molecule has 320 valence electrons. The molecule has 10 rings (SSSR count). The van der Waals surface area contributed by atoms with E-state index in [0.717, 1.165) is 70.0 Å². The molecule has 0 saturated heterocycles. The first-order valence-corrected chi connectivity index (χ1v) is 21.0. The first-order chi connectivity index (χ1) is 29.6. The van der Waals surface area contributed by atoms with Crippen LogP contribution in [-0.2, 0) is 14.1 Å². The van der Waals surface area contributed by atoms with E-state index in [1.165, 1.54) is 0 Å². The summed E-state index contributed by atoms with van der Waals surface area (Å²) in [6.45, 7) is 7.69. The van der Waals surface area contributed by atoms with Crippen molar-refractivity contribution < 1.29 is 10.2 Å². The third kappa shape index (κ3) is 7.75. The van der Waals surface area contributed by atoms with Crippen LogP contribution in [0.4, 0.5) is 23.3 Å². The van der Waals surface area contributed by atoms with Gasteiger partial charge in [0.15, 0.2) is 11.3 Å². The van der Waals surface area contributed by atoms with Gasteiger partial charge in [0.2, 0.25) is 11.9 Å². The van der Waals surface area contributed by atoms with Crippen LogP contribution in [0.25, 0.3) is 44.1 Å². The van der Waals surface area contributed by atoms with Crippen molar-refractivity contribution >= 4 is 67.4 Å². The molecule has 0 amide bonds. The van der Waals surface area contributed by atoms with Crippen LogP contribution in [-0.4, -0.2) is 80.0 Å². The lowest BCUT2D eigenvalue weighted by Gasteiger charge is -2.33. The van der Waals surface area contributed by atoms with E-state index in [1.54, 1.807) is 57.2 Å². The molecule has 6 aromatic heterocycles. The number of aryl methyl sites for hydroxylation is 4. The van der Waals surface area contributed by atoms with E-state index < -0.39 is 11.2 Å². The molecule has 0 aliphatic heterocycles. The Labute approximate surface area is 355 Å². The van der Waals surface area contributed by atoms with Gasteiger partial charge in [0.25, 0.3) is 0 Å². The summed E-state index contributed by atoms with van der Waals surface area (Å²) in [6, 6.07) is 11.8.